The highest BCUT2D eigenvalue weighted by atomic mass is 35.5. The Balaban J connectivity index is 2.46. The van der Waals surface area contributed by atoms with Gasteiger partial charge in [0, 0.05) is 11.2 Å². The summed E-state index contributed by atoms with van der Waals surface area (Å²) in [5, 5.41) is 1.37. The lowest BCUT2D eigenvalue weighted by Crippen LogP contribution is -2.02. The lowest BCUT2D eigenvalue weighted by molar-refractivity contribution is 0.103. The minimum absolute atomic E-state index is 0.116. The van der Waals surface area contributed by atoms with Crippen molar-refractivity contribution in [2.24, 2.45) is 0 Å². The average molecular weight is 268 g/mol. The first-order chi connectivity index (χ1) is 8.11. The molecule has 0 fully saturated rings. The topological polar surface area (TPSA) is 39.2 Å². The monoisotopic (exact) mass is 267 g/mol. The fraction of sp³-hybridized carbons (Fsp3) is 0.167. The van der Waals surface area contributed by atoms with Gasteiger partial charge < -0.3 is 4.74 Å². The predicted octanol–water partition coefficient (Wildman–Crippen LogP) is 3.34. The molecule has 0 N–H and O–H groups in total. The molecule has 2 rings (SSSR count). The Kier molecular flexibility index (Phi) is 3.45. The van der Waals surface area contributed by atoms with Crippen molar-refractivity contribution in [2.75, 3.05) is 7.11 Å². The first kappa shape index (κ1) is 12.1. The van der Waals surface area contributed by atoms with Crippen LogP contribution < -0.4 is 4.74 Å². The lowest BCUT2D eigenvalue weighted by atomic mass is 10.1. The molecular formula is C12H10ClNO2S. The standard InChI is InChI=1S/C12H10ClNO2S/c1-7-14-6-11(17-7)12(15)9-5-8(13)3-4-10(9)16-2/h3-6H,1-2H3. The second-order valence-corrected chi connectivity index (χ2v) is 5.09. The maximum atomic E-state index is 12.2. The molecule has 1 aromatic carbocycles. The summed E-state index contributed by atoms with van der Waals surface area (Å²) in [6.07, 6.45) is 1.57. The molecule has 1 heterocycles. The van der Waals surface area contributed by atoms with Crippen LogP contribution in [0.1, 0.15) is 20.2 Å². The average Bonchev–Trinajstić information content (AvgIpc) is 2.75. The van der Waals surface area contributed by atoms with Gasteiger partial charge in [-0.1, -0.05) is 11.6 Å². The second kappa shape index (κ2) is 4.85. The second-order valence-electron chi connectivity index (χ2n) is 3.42. The summed E-state index contributed by atoms with van der Waals surface area (Å²) < 4.78 is 5.15. The molecule has 0 saturated heterocycles. The Morgan fingerprint density at radius 1 is 1.47 bits per heavy atom. The van der Waals surface area contributed by atoms with Crippen molar-refractivity contribution in [3.63, 3.8) is 0 Å². The third-order valence-electron chi connectivity index (χ3n) is 2.25. The lowest BCUT2D eigenvalue weighted by Gasteiger charge is -2.06. The maximum Gasteiger partial charge on any atom is 0.208 e. The van der Waals surface area contributed by atoms with Crippen molar-refractivity contribution >= 4 is 28.7 Å². The number of halogens is 1. The Morgan fingerprint density at radius 3 is 2.82 bits per heavy atom. The minimum Gasteiger partial charge on any atom is -0.496 e. The van der Waals surface area contributed by atoms with Crippen molar-refractivity contribution in [3.8, 4) is 5.75 Å². The number of rotatable bonds is 3. The van der Waals surface area contributed by atoms with Gasteiger partial charge in [-0.05, 0) is 25.1 Å². The van der Waals surface area contributed by atoms with Gasteiger partial charge in [0.15, 0.2) is 0 Å². The van der Waals surface area contributed by atoms with E-state index in [1.807, 2.05) is 6.92 Å². The zero-order chi connectivity index (χ0) is 12.4. The zero-order valence-corrected chi connectivity index (χ0v) is 10.9. The van der Waals surface area contributed by atoms with E-state index in [0.29, 0.717) is 21.2 Å². The number of hydrogen-bond acceptors (Lipinski definition) is 4. The molecule has 0 bridgehead atoms. The van der Waals surface area contributed by atoms with E-state index in [1.54, 1.807) is 24.4 Å². The summed E-state index contributed by atoms with van der Waals surface area (Å²) in [7, 11) is 1.53. The minimum atomic E-state index is -0.116. The Labute approximate surface area is 108 Å². The van der Waals surface area contributed by atoms with Gasteiger partial charge in [-0.25, -0.2) is 4.98 Å². The van der Waals surface area contributed by atoms with E-state index in [0.717, 1.165) is 5.01 Å². The molecule has 0 atom stereocenters. The van der Waals surface area contributed by atoms with Gasteiger partial charge in [0.05, 0.1) is 22.6 Å². The molecule has 2 aromatic rings. The van der Waals surface area contributed by atoms with Gasteiger partial charge in [-0.15, -0.1) is 11.3 Å². The fourth-order valence-corrected chi connectivity index (χ4v) is 2.36. The molecular weight excluding hydrogens is 258 g/mol. The summed E-state index contributed by atoms with van der Waals surface area (Å²) in [4.78, 5) is 16.9. The van der Waals surface area contributed by atoms with Gasteiger partial charge in [0.25, 0.3) is 0 Å². The van der Waals surface area contributed by atoms with Crippen LogP contribution >= 0.6 is 22.9 Å². The summed E-state index contributed by atoms with van der Waals surface area (Å²) in [6, 6.07) is 4.98. The molecule has 17 heavy (non-hydrogen) atoms. The summed E-state index contributed by atoms with van der Waals surface area (Å²) >= 11 is 7.25. The van der Waals surface area contributed by atoms with E-state index in [4.69, 9.17) is 16.3 Å². The fourth-order valence-electron chi connectivity index (χ4n) is 1.46. The number of nitrogens with zero attached hydrogens (tertiary/aromatic N) is 1. The highest BCUT2D eigenvalue weighted by Gasteiger charge is 2.17. The van der Waals surface area contributed by atoms with Crippen molar-refractivity contribution in [3.05, 3.63) is 44.9 Å². The van der Waals surface area contributed by atoms with Crippen LogP contribution in [0.3, 0.4) is 0 Å². The molecule has 0 spiro atoms. The summed E-state index contributed by atoms with van der Waals surface area (Å²) in [5.41, 5.74) is 0.462. The maximum absolute atomic E-state index is 12.2. The third-order valence-corrected chi connectivity index (χ3v) is 3.40. The van der Waals surface area contributed by atoms with Crippen molar-refractivity contribution < 1.29 is 9.53 Å². The molecule has 0 aliphatic heterocycles. The van der Waals surface area contributed by atoms with Crippen LogP contribution in [0.5, 0.6) is 5.75 Å². The largest absolute Gasteiger partial charge is 0.496 e. The highest BCUT2D eigenvalue weighted by molar-refractivity contribution is 7.13. The number of ketones is 1. The molecule has 88 valence electrons. The van der Waals surface area contributed by atoms with Gasteiger partial charge >= 0.3 is 0 Å². The number of methoxy groups -OCH3 is 1. The number of aryl methyl sites for hydroxylation is 1. The quantitative estimate of drug-likeness (QED) is 0.801. The van der Waals surface area contributed by atoms with Crippen LogP contribution in [0, 0.1) is 6.92 Å². The first-order valence-electron chi connectivity index (χ1n) is 4.92. The van der Waals surface area contributed by atoms with Crippen LogP contribution in [0.2, 0.25) is 5.02 Å². The third kappa shape index (κ3) is 2.48. The van der Waals surface area contributed by atoms with E-state index in [-0.39, 0.29) is 5.78 Å². The van der Waals surface area contributed by atoms with E-state index in [1.165, 1.54) is 18.4 Å². The molecule has 0 radical (unpaired) electrons. The Hall–Kier alpha value is -1.39. The Morgan fingerprint density at radius 2 is 2.24 bits per heavy atom. The molecule has 5 heteroatoms. The smallest absolute Gasteiger partial charge is 0.208 e. The summed E-state index contributed by atoms with van der Waals surface area (Å²) in [6.45, 7) is 1.86. The van der Waals surface area contributed by atoms with E-state index in [9.17, 15) is 4.79 Å². The summed E-state index contributed by atoms with van der Waals surface area (Å²) in [5.74, 6) is 0.403. The van der Waals surface area contributed by atoms with Gasteiger partial charge in [0.1, 0.15) is 5.75 Å². The zero-order valence-electron chi connectivity index (χ0n) is 9.36. The molecule has 3 nitrogen and oxygen atoms in total. The molecule has 0 aliphatic carbocycles. The van der Waals surface area contributed by atoms with Crippen molar-refractivity contribution in [2.45, 2.75) is 6.92 Å². The van der Waals surface area contributed by atoms with E-state index in [2.05, 4.69) is 4.98 Å². The molecule has 0 aliphatic rings. The number of ether oxygens (including phenoxy) is 1. The van der Waals surface area contributed by atoms with E-state index < -0.39 is 0 Å². The number of hydrogen-bond donors (Lipinski definition) is 0. The number of benzene rings is 1. The molecule has 0 amide bonds. The van der Waals surface area contributed by atoms with Crippen LogP contribution in [-0.4, -0.2) is 17.9 Å². The van der Waals surface area contributed by atoms with Crippen molar-refractivity contribution in [1.82, 2.24) is 4.98 Å². The number of carbonyl (C=O) groups is 1. The van der Waals surface area contributed by atoms with Gasteiger partial charge in [-0.3, -0.25) is 4.79 Å². The van der Waals surface area contributed by atoms with Crippen LogP contribution in [-0.2, 0) is 0 Å². The first-order valence-corrected chi connectivity index (χ1v) is 6.12. The Bertz CT molecular complexity index is 565. The van der Waals surface area contributed by atoms with Gasteiger partial charge in [-0.2, -0.15) is 0 Å². The van der Waals surface area contributed by atoms with Crippen molar-refractivity contribution in [1.29, 1.82) is 0 Å². The molecule has 0 unspecified atom stereocenters. The predicted molar refractivity (Wildman–Crippen MR) is 68.3 cm³/mol. The van der Waals surface area contributed by atoms with Crippen LogP contribution in [0.25, 0.3) is 0 Å². The van der Waals surface area contributed by atoms with Crippen LogP contribution in [0.4, 0.5) is 0 Å². The molecule has 0 saturated carbocycles. The number of aromatic nitrogens is 1. The van der Waals surface area contributed by atoms with Crippen LogP contribution in [0.15, 0.2) is 24.4 Å². The number of carbonyl (C=O) groups excluding carboxylic acids is 1. The number of thiazole rings is 1. The van der Waals surface area contributed by atoms with E-state index >= 15 is 0 Å². The highest BCUT2D eigenvalue weighted by Crippen LogP contribution is 2.26. The SMILES string of the molecule is COc1ccc(Cl)cc1C(=O)c1cnc(C)s1. The van der Waals surface area contributed by atoms with Gasteiger partial charge in [0.2, 0.25) is 5.78 Å². The molecule has 1 aromatic heterocycles. The normalized spacial score (nSPS) is 10.3.